The minimum Gasteiger partial charge on any atom is -0.452 e. The van der Waals surface area contributed by atoms with E-state index in [-0.39, 0.29) is 0 Å². The molecule has 1 aromatic rings. The van der Waals surface area contributed by atoms with Crippen LogP contribution in [0.2, 0.25) is 0 Å². The monoisotopic (exact) mass is 351 g/mol. The first kappa shape index (κ1) is 12.6. The van der Waals surface area contributed by atoms with Crippen molar-refractivity contribution in [3.63, 3.8) is 0 Å². The van der Waals surface area contributed by atoms with Crippen LogP contribution < -0.4 is 5.32 Å². The summed E-state index contributed by atoms with van der Waals surface area (Å²) in [5.41, 5.74) is 0. The van der Waals surface area contributed by atoms with E-state index < -0.39 is 0 Å². The van der Waals surface area contributed by atoms with Gasteiger partial charge in [0.2, 0.25) is 0 Å². The van der Waals surface area contributed by atoms with Crippen molar-refractivity contribution in [2.45, 2.75) is 19.4 Å². The summed E-state index contributed by atoms with van der Waals surface area (Å²) in [6, 6.07) is 1.98. The summed E-state index contributed by atoms with van der Waals surface area (Å²) >= 11 is 6.72. The highest BCUT2D eigenvalue weighted by molar-refractivity contribution is 9.13. The van der Waals surface area contributed by atoms with E-state index in [1.54, 1.807) is 0 Å². The van der Waals surface area contributed by atoms with Gasteiger partial charge in [-0.2, -0.15) is 0 Å². The number of halogens is 2. The molecular weight excluding hydrogens is 338 g/mol. The predicted molar refractivity (Wildman–Crippen MR) is 69.4 cm³/mol. The molecule has 1 aliphatic rings. The van der Waals surface area contributed by atoms with Crippen LogP contribution in [0.5, 0.6) is 0 Å². The summed E-state index contributed by atoms with van der Waals surface area (Å²) in [5.74, 6) is 1.68. The minimum atomic E-state index is 0.738. The van der Waals surface area contributed by atoms with Crippen LogP contribution in [0.4, 0.5) is 0 Å². The van der Waals surface area contributed by atoms with E-state index in [2.05, 4.69) is 37.2 Å². The smallest absolute Gasteiger partial charge is 0.183 e. The average molecular weight is 353 g/mol. The molecule has 1 saturated heterocycles. The number of nitrogens with one attached hydrogen (secondary N) is 1. The molecule has 5 heteroatoms. The quantitative estimate of drug-likeness (QED) is 0.825. The van der Waals surface area contributed by atoms with Crippen LogP contribution in [-0.4, -0.2) is 19.8 Å². The van der Waals surface area contributed by atoms with E-state index in [1.807, 2.05) is 6.07 Å². The Balaban J connectivity index is 1.64. The first-order chi connectivity index (χ1) is 7.75. The molecular formula is C11H15Br2NO2. The fourth-order valence-corrected chi connectivity index (χ4v) is 2.47. The third-order valence-electron chi connectivity index (χ3n) is 2.75. The van der Waals surface area contributed by atoms with Gasteiger partial charge in [0.05, 0.1) is 11.0 Å². The Morgan fingerprint density at radius 1 is 1.44 bits per heavy atom. The van der Waals surface area contributed by atoms with Gasteiger partial charge < -0.3 is 14.5 Å². The Bertz CT molecular complexity index is 315. The lowest BCUT2D eigenvalue weighted by atomic mass is 10.1. The van der Waals surface area contributed by atoms with E-state index in [4.69, 9.17) is 9.15 Å². The van der Waals surface area contributed by atoms with Gasteiger partial charge in [0, 0.05) is 13.2 Å². The molecule has 0 amide bonds. The first-order valence-corrected chi connectivity index (χ1v) is 7.06. The second-order valence-electron chi connectivity index (χ2n) is 4.03. The average Bonchev–Trinajstić information content (AvgIpc) is 2.85. The van der Waals surface area contributed by atoms with Gasteiger partial charge >= 0.3 is 0 Å². The second-order valence-corrected chi connectivity index (χ2v) is 5.60. The van der Waals surface area contributed by atoms with Gasteiger partial charge in [0.25, 0.3) is 0 Å². The molecule has 3 nitrogen and oxygen atoms in total. The maximum absolute atomic E-state index is 5.47. The maximum Gasteiger partial charge on any atom is 0.183 e. The van der Waals surface area contributed by atoms with Crippen LogP contribution in [0.15, 0.2) is 19.6 Å². The molecule has 0 bridgehead atoms. The molecule has 1 aliphatic heterocycles. The molecule has 1 aromatic heterocycles. The Kier molecular flexibility index (Phi) is 4.88. The van der Waals surface area contributed by atoms with E-state index in [1.165, 1.54) is 12.8 Å². The summed E-state index contributed by atoms with van der Waals surface area (Å²) in [4.78, 5) is 0. The van der Waals surface area contributed by atoms with Gasteiger partial charge in [0.15, 0.2) is 4.67 Å². The number of rotatable bonds is 5. The van der Waals surface area contributed by atoms with E-state index in [0.717, 1.165) is 47.1 Å². The summed E-state index contributed by atoms with van der Waals surface area (Å²) in [7, 11) is 0. The van der Waals surface area contributed by atoms with Crippen molar-refractivity contribution in [2.24, 2.45) is 5.92 Å². The molecule has 0 radical (unpaired) electrons. The van der Waals surface area contributed by atoms with Crippen molar-refractivity contribution in [1.82, 2.24) is 5.32 Å². The van der Waals surface area contributed by atoms with Crippen molar-refractivity contribution in [1.29, 1.82) is 0 Å². The van der Waals surface area contributed by atoms with E-state index >= 15 is 0 Å². The Morgan fingerprint density at radius 2 is 2.31 bits per heavy atom. The lowest BCUT2D eigenvalue weighted by Gasteiger charge is -2.07. The van der Waals surface area contributed by atoms with Crippen molar-refractivity contribution in [3.8, 4) is 0 Å². The van der Waals surface area contributed by atoms with Crippen LogP contribution in [0.25, 0.3) is 0 Å². The Hall–Kier alpha value is 0.160. The molecule has 1 unspecified atom stereocenters. The molecule has 0 saturated carbocycles. The molecule has 90 valence electrons. The molecule has 16 heavy (non-hydrogen) atoms. The number of hydrogen-bond donors (Lipinski definition) is 1. The van der Waals surface area contributed by atoms with Gasteiger partial charge in [-0.25, -0.2) is 0 Å². The van der Waals surface area contributed by atoms with Gasteiger partial charge in [-0.05, 0) is 63.2 Å². The highest BCUT2D eigenvalue weighted by atomic mass is 79.9. The standard InChI is InChI=1S/C11H15Br2NO2/c12-10-5-9(16-11(10)13)6-14-3-1-8-2-4-15-7-8/h5,8,14H,1-4,6-7H2. The number of hydrogen-bond acceptors (Lipinski definition) is 3. The van der Waals surface area contributed by atoms with Crippen molar-refractivity contribution in [2.75, 3.05) is 19.8 Å². The fraction of sp³-hybridized carbons (Fsp3) is 0.636. The van der Waals surface area contributed by atoms with Crippen LogP contribution in [-0.2, 0) is 11.3 Å². The van der Waals surface area contributed by atoms with Gasteiger partial charge in [-0.15, -0.1) is 0 Å². The molecule has 0 aliphatic carbocycles. The molecule has 1 fully saturated rings. The Labute approximate surface area is 112 Å². The zero-order chi connectivity index (χ0) is 11.4. The molecule has 1 N–H and O–H groups in total. The van der Waals surface area contributed by atoms with Crippen LogP contribution in [0.3, 0.4) is 0 Å². The topological polar surface area (TPSA) is 34.4 Å². The second kappa shape index (κ2) is 6.19. The van der Waals surface area contributed by atoms with Crippen molar-refractivity contribution >= 4 is 31.9 Å². The third-order valence-corrected chi connectivity index (χ3v) is 4.46. The van der Waals surface area contributed by atoms with Gasteiger partial charge in [-0.1, -0.05) is 0 Å². The summed E-state index contributed by atoms with van der Waals surface area (Å²) in [6.45, 7) is 3.66. The largest absolute Gasteiger partial charge is 0.452 e. The minimum absolute atomic E-state index is 0.738. The third kappa shape index (κ3) is 3.58. The molecule has 2 heterocycles. The van der Waals surface area contributed by atoms with E-state index in [9.17, 15) is 0 Å². The van der Waals surface area contributed by atoms with Crippen molar-refractivity contribution in [3.05, 3.63) is 21.0 Å². The van der Waals surface area contributed by atoms with Crippen LogP contribution in [0.1, 0.15) is 18.6 Å². The number of ether oxygens (including phenoxy) is 1. The van der Waals surface area contributed by atoms with Crippen LogP contribution >= 0.6 is 31.9 Å². The maximum atomic E-state index is 5.47. The van der Waals surface area contributed by atoms with E-state index in [0.29, 0.717) is 0 Å². The summed E-state index contributed by atoms with van der Waals surface area (Å²) in [5, 5.41) is 3.38. The SMILES string of the molecule is Brc1cc(CNCCC2CCOC2)oc1Br. The predicted octanol–water partition coefficient (Wildman–Crippen LogP) is 3.32. The zero-order valence-electron chi connectivity index (χ0n) is 8.97. The lowest BCUT2D eigenvalue weighted by Crippen LogP contribution is -2.17. The fourth-order valence-electron chi connectivity index (χ4n) is 1.81. The van der Waals surface area contributed by atoms with Crippen LogP contribution in [0, 0.1) is 5.92 Å². The normalized spacial score (nSPS) is 20.5. The zero-order valence-corrected chi connectivity index (χ0v) is 12.1. The van der Waals surface area contributed by atoms with Gasteiger partial charge in [0.1, 0.15) is 5.76 Å². The van der Waals surface area contributed by atoms with Gasteiger partial charge in [-0.3, -0.25) is 0 Å². The first-order valence-electron chi connectivity index (χ1n) is 5.48. The molecule has 0 spiro atoms. The summed E-state index contributed by atoms with van der Waals surface area (Å²) in [6.07, 6.45) is 2.39. The highest BCUT2D eigenvalue weighted by Gasteiger charge is 2.14. The molecule has 2 rings (SSSR count). The summed E-state index contributed by atoms with van der Waals surface area (Å²) < 4.78 is 12.5. The highest BCUT2D eigenvalue weighted by Crippen LogP contribution is 2.26. The van der Waals surface area contributed by atoms with Crippen molar-refractivity contribution < 1.29 is 9.15 Å². The molecule has 0 aromatic carbocycles. The number of furan rings is 1. The Morgan fingerprint density at radius 3 is 2.94 bits per heavy atom. The molecule has 1 atom stereocenters. The lowest BCUT2D eigenvalue weighted by molar-refractivity contribution is 0.184.